The van der Waals surface area contributed by atoms with Gasteiger partial charge in [-0.25, -0.2) is 18.4 Å². The first-order valence-corrected chi connectivity index (χ1v) is 10.1. The third-order valence-electron chi connectivity index (χ3n) is 3.51. The molecule has 0 aliphatic rings. The van der Waals surface area contributed by atoms with Gasteiger partial charge in [0.1, 0.15) is 17.0 Å². The van der Waals surface area contributed by atoms with Crippen LogP contribution in [-0.4, -0.2) is 25.5 Å². The molecule has 0 saturated carbocycles. The Hall–Kier alpha value is -2.65. The smallest absolute Gasteiger partial charge is 0.263 e. The third-order valence-corrected chi connectivity index (χ3v) is 5.23. The van der Waals surface area contributed by atoms with Gasteiger partial charge < -0.3 is 9.47 Å². The highest BCUT2D eigenvalue weighted by atomic mass is 79.9. The summed E-state index contributed by atoms with van der Waals surface area (Å²) in [7, 11) is -2.42. The van der Waals surface area contributed by atoms with Crippen LogP contribution in [0.1, 0.15) is 5.56 Å². The summed E-state index contributed by atoms with van der Waals surface area (Å²) in [5.74, 6) is 0.497. The molecule has 0 aliphatic heterocycles. The molecule has 0 bridgehead atoms. The van der Waals surface area contributed by atoms with Gasteiger partial charge in [-0.1, -0.05) is 36.4 Å². The Kier molecular flexibility index (Phi) is 5.92. The van der Waals surface area contributed by atoms with Crippen molar-refractivity contribution in [3.05, 3.63) is 71.0 Å². The van der Waals surface area contributed by atoms with Crippen molar-refractivity contribution in [2.45, 2.75) is 11.5 Å². The van der Waals surface area contributed by atoms with E-state index in [1.807, 2.05) is 30.3 Å². The van der Waals surface area contributed by atoms with E-state index in [1.54, 1.807) is 12.1 Å². The summed E-state index contributed by atoms with van der Waals surface area (Å²) in [5, 5.41) is 0. The van der Waals surface area contributed by atoms with E-state index in [2.05, 4.69) is 30.6 Å². The van der Waals surface area contributed by atoms with Crippen molar-refractivity contribution in [2.24, 2.45) is 0 Å². The van der Waals surface area contributed by atoms with Crippen molar-refractivity contribution in [1.29, 1.82) is 0 Å². The number of methoxy groups -OCH3 is 1. The Labute approximate surface area is 165 Å². The minimum absolute atomic E-state index is 0.00282. The summed E-state index contributed by atoms with van der Waals surface area (Å²) in [6.45, 7) is 0.222. The van der Waals surface area contributed by atoms with Crippen LogP contribution in [0.5, 0.6) is 11.6 Å². The van der Waals surface area contributed by atoms with Crippen LogP contribution >= 0.6 is 15.9 Å². The molecule has 7 nitrogen and oxygen atoms in total. The average molecular weight is 450 g/mol. The molecule has 1 heterocycles. The van der Waals surface area contributed by atoms with Crippen molar-refractivity contribution >= 4 is 31.8 Å². The number of hydrogen-bond donors (Lipinski definition) is 1. The van der Waals surface area contributed by atoms with Gasteiger partial charge in [-0.05, 0) is 33.6 Å². The lowest BCUT2D eigenvalue weighted by atomic mass is 10.2. The van der Waals surface area contributed by atoms with Crippen LogP contribution in [0.4, 0.5) is 5.82 Å². The number of nitrogens with zero attached hydrogens (tertiary/aromatic N) is 2. The lowest BCUT2D eigenvalue weighted by Crippen LogP contribution is -2.15. The molecule has 0 aliphatic carbocycles. The lowest BCUT2D eigenvalue weighted by Gasteiger charge is -2.12. The first kappa shape index (κ1) is 19.1. The number of rotatable bonds is 7. The van der Waals surface area contributed by atoms with E-state index in [0.717, 1.165) is 5.56 Å². The van der Waals surface area contributed by atoms with Crippen molar-refractivity contribution in [3.8, 4) is 11.6 Å². The predicted octanol–water partition coefficient (Wildman–Crippen LogP) is 3.63. The van der Waals surface area contributed by atoms with Crippen LogP contribution in [0.15, 0.2) is 70.3 Å². The van der Waals surface area contributed by atoms with Gasteiger partial charge in [-0.3, -0.25) is 4.72 Å². The van der Waals surface area contributed by atoms with E-state index in [9.17, 15) is 8.42 Å². The second-order valence-corrected chi connectivity index (χ2v) is 7.90. The number of benzene rings is 2. The molecule has 27 heavy (non-hydrogen) atoms. The Morgan fingerprint density at radius 3 is 2.63 bits per heavy atom. The number of ether oxygens (including phenoxy) is 2. The molecular formula is C18H16BrN3O4S. The quantitative estimate of drug-likeness (QED) is 0.592. The zero-order valence-corrected chi connectivity index (χ0v) is 16.7. The Morgan fingerprint density at radius 1 is 1.11 bits per heavy atom. The van der Waals surface area contributed by atoms with Crippen molar-refractivity contribution in [3.63, 3.8) is 0 Å². The summed E-state index contributed by atoms with van der Waals surface area (Å²) < 4.78 is 39.0. The zero-order valence-electron chi connectivity index (χ0n) is 14.3. The molecule has 0 amide bonds. The zero-order chi connectivity index (χ0) is 19.3. The fraction of sp³-hybridized carbons (Fsp3) is 0.111. The molecule has 0 unspecified atom stereocenters. The fourth-order valence-electron chi connectivity index (χ4n) is 2.20. The van der Waals surface area contributed by atoms with Crippen LogP contribution in [0.3, 0.4) is 0 Å². The largest absolute Gasteiger partial charge is 0.497 e. The van der Waals surface area contributed by atoms with Crippen LogP contribution < -0.4 is 14.2 Å². The van der Waals surface area contributed by atoms with Crippen LogP contribution in [0.2, 0.25) is 0 Å². The first-order valence-electron chi connectivity index (χ1n) is 7.84. The van der Waals surface area contributed by atoms with Crippen LogP contribution in [-0.2, 0) is 16.6 Å². The standard InChI is InChI=1S/C18H16BrN3O4S/c1-25-14-8-5-9-15(10-14)27(23,24)22-17-18(21-16(19)11-20-17)26-12-13-6-3-2-4-7-13/h2-11H,12H2,1H3,(H,20,22). The van der Waals surface area contributed by atoms with Crippen LogP contribution in [0, 0.1) is 0 Å². The number of sulfonamides is 1. The molecule has 1 N–H and O–H groups in total. The molecule has 9 heteroatoms. The van der Waals surface area contributed by atoms with E-state index < -0.39 is 10.0 Å². The number of aromatic nitrogens is 2. The second kappa shape index (κ2) is 8.36. The van der Waals surface area contributed by atoms with E-state index in [-0.39, 0.29) is 23.2 Å². The Balaban J connectivity index is 1.85. The maximum atomic E-state index is 12.7. The molecule has 3 aromatic rings. The van der Waals surface area contributed by atoms with Gasteiger partial charge >= 0.3 is 0 Å². The summed E-state index contributed by atoms with van der Waals surface area (Å²) >= 11 is 3.22. The van der Waals surface area contributed by atoms with Gasteiger partial charge in [0.25, 0.3) is 15.9 Å². The molecule has 0 fully saturated rings. The van der Waals surface area contributed by atoms with E-state index in [0.29, 0.717) is 10.4 Å². The average Bonchev–Trinajstić information content (AvgIpc) is 2.69. The number of hydrogen-bond acceptors (Lipinski definition) is 6. The first-order chi connectivity index (χ1) is 13.0. The summed E-state index contributed by atoms with van der Waals surface area (Å²) in [4.78, 5) is 8.31. The molecular weight excluding hydrogens is 434 g/mol. The monoisotopic (exact) mass is 449 g/mol. The lowest BCUT2D eigenvalue weighted by molar-refractivity contribution is 0.294. The van der Waals surface area contributed by atoms with E-state index in [1.165, 1.54) is 25.4 Å². The Bertz CT molecular complexity index is 1030. The molecule has 0 spiro atoms. The highest BCUT2D eigenvalue weighted by Gasteiger charge is 2.19. The second-order valence-electron chi connectivity index (χ2n) is 5.41. The fourth-order valence-corrected chi connectivity index (χ4v) is 3.51. The highest BCUT2D eigenvalue weighted by Crippen LogP contribution is 2.26. The minimum atomic E-state index is -3.89. The molecule has 2 aromatic carbocycles. The molecule has 140 valence electrons. The normalized spacial score (nSPS) is 11.0. The van der Waals surface area contributed by atoms with Gasteiger partial charge in [0.15, 0.2) is 0 Å². The summed E-state index contributed by atoms with van der Waals surface area (Å²) in [6.07, 6.45) is 1.39. The topological polar surface area (TPSA) is 90.4 Å². The van der Waals surface area contributed by atoms with Gasteiger partial charge in [0.2, 0.25) is 5.82 Å². The highest BCUT2D eigenvalue weighted by molar-refractivity contribution is 9.10. The molecule has 0 atom stereocenters. The number of nitrogens with one attached hydrogen (secondary N) is 1. The number of anilines is 1. The van der Waals surface area contributed by atoms with Gasteiger partial charge in [0.05, 0.1) is 18.2 Å². The van der Waals surface area contributed by atoms with Crippen molar-refractivity contribution in [1.82, 2.24) is 9.97 Å². The third kappa shape index (κ3) is 4.95. The maximum Gasteiger partial charge on any atom is 0.263 e. The minimum Gasteiger partial charge on any atom is -0.497 e. The SMILES string of the molecule is COc1cccc(S(=O)(=O)Nc2ncc(Br)nc2OCc2ccccc2)c1. The molecule has 1 aromatic heterocycles. The predicted molar refractivity (Wildman–Crippen MR) is 104 cm³/mol. The maximum absolute atomic E-state index is 12.7. The number of halogens is 1. The molecule has 0 saturated heterocycles. The summed E-state index contributed by atoms with van der Waals surface area (Å²) in [6, 6.07) is 15.6. The Morgan fingerprint density at radius 2 is 1.89 bits per heavy atom. The molecule has 3 rings (SSSR count). The van der Waals surface area contributed by atoms with E-state index >= 15 is 0 Å². The molecule has 0 radical (unpaired) electrons. The van der Waals surface area contributed by atoms with Crippen LogP contribution in [0.25, 0.3) is 0 Å². The van der Waals surface area contributed by atoms with Crippen molar-refractivity contribution < 1.29 is 17.9 Å². The van der Waals surface area contributed by atoms with Crippen molar-refractivity contribution in [2.75, 3.05) is 11.8 Å². The van der Waals surface area contributed by atoms with E-state index in [4.69, 9.17) is 9.47 Å². The van der Waals surface area contributed by atoms with Gasteiger partial charge in [0, 0.05) is 6.07 Å². The van der Waals surface area contributed by atoms with Gasteiger partial charge in [-0.15, -0.1) is 0 Å². The van der Waals surface area contributed by atoms with Gasteiger partial charge in [-0.2, -0.15) is 0 Å². The summed E-state index contributed by atoms with van der Waals surface area (Å²) in [5.41, 5.74) is 0.917.